The standard InChI is InChI=1S/C11H24N4O2/c1-8(7-15-10(13)17)6-11(2,3)4-5-14-9(12)16/h8H,4-7H2,1-3H3,(H3,12,14,16)(H3,13,15,17). The number of carbonyl (C=O) groups is 2. The van der Waals surface area contributed by atoms with Gasteiger partial charge in [-0.15, -0.1) is 0 Å². The molecule has 1 unspecified atom stereocenters. The third-order valence-electron chi connectivity index (χ3n) is 2.63. The Labute approximate surface area is 102 Å². The molecule has 6 nitrogen and oxygen atoms in total. The second-order valence-corrected chi connectivity index (χ2v) is 5.26. The molecule has 0 radical (unpaired) electrons. The van der Waals surface area contributed by atoms with Gasteiger partial charge in [-0.1, -0.05) is 20.8 Å². The van der Waals surface area contributed by atoms with Crippen LogP contribution in [0.15, 0.2) is 0 Å². The second-order valence-electron chi connectivity index (χ2n) is 5.26. The van der Waals surface area contributed by atoms with Crippen molar-refractivity contribution in [2.75, 3.05) is 13.1 Å². The van der Waals surface area contributed by atoms with Gasteiger partial charge in [0.1, 0.15) is 0 Å². The summed E-state index contributed by atoms with van der Waals surface area (Å²) in [5, 5.41) is 5.17. The van der Waals surface area contributed by atoms with Crippen molar-refractivity contribution < 1.29 is 9.59 Å². The fourth-order valence-corrected chi connectivity index (χ4v) is 1.92. The summed E-state index contributed by atoms with van der Waals surface area (Å²) in [6.45, 7) is 7.44. The largest absolute Gasteiger partial charge is 0.352 e. The molecule has 100 valence electrons. The molecule has 0 aliphatic carbocycles. The lowest BCUT2D eigenvalue weighted by Crippen LogP contribution is -2.35. The van der Waals surface area contributed by atoms with Crippen molar-refractivity contribution in [3.05, 3.63) is 0 Å². The summed E-state index contributed by atoms with van der Waals surface area (Å²) in [4.78, 5) is 21.1. The summed E-state index contributed by atoms with van der Waals surface area (Å²) in [5.74, 6) is 0.339. The average molecular weight is 244 g/mol. The lowest BCUT2D eigenvalue weighted by atomic mass is 9.80. The van der Waals surface area contributed by atoms with E-state index in [9.17, 15) is 9.59 Å². The van der Waals surface area contributed by atoms with Crippen LogP contribution < -0.4 is 22.1 Å². The zero-order valence-electron chi connectivity index (χ0n) is 10.9. The van der Waals surface area contributed by atoms with Gasteiger partial charge in [-0.2, -0.15) is 0 Å². The highest BCUT2D eigenvalue weighted by atomic mass is 16.2. The van der Waals surface area contributed by atoms with E-state index in [-0.39, 0.29) is 5.41 Å². The van der Waals surface area contributed by atoms with Crippen LogP contribution in [-0.2, 0) is 0 Å². The van der Waals surface area contributed by atoms with E-state index in [0.717, 1.165) is 12.8 Å². The Morgan fingerprint density at radius 2 is 1.71 bits per heavy atom. The van der Waals surface area contributed by atoms with Crippen molar-refractivity contribution in [3.8, 4) is 0 Å². The Kier molecular flexibility index (Phi) is 6.38. The van der Waals surface area contributed by atoms with Gasteiger partial charge in [-0.3, -0.25) is 0 Å². The first-order valence-corrected chi connectivity index (χ1v) is 5.79. The van der Waals surface area contributed by atoms with E-state index in [1.807, 2.05) is 0 Å². The van der Waals surface area contributed by atoms with E-state index in [2.05, 4.69) is 31.4 Å². The van der Waals surface area contributed by atoms with Gasteiger partial charge in [-0.05, 0) is 24.2 Å². The molecule has 1 atom stereocenters. The molecule has 0 rings (SSSR count). The fourth-order valence-electron chi connectivity index (χ4n) is 1.92. The van der Waals surface area contributed by atoms with Crippen molar-refractivity contribution in [2.24, 2.45) is 22.8 Å². The lowest BCUT2D eigenvalue weighted by Gasteiger charge is -2.28. The van der Waals surface area contributed by atoms with Gasteiger partial charge >= 0.3 is 12.1 Å². The molecule has 0 aliphatic heterocycles. The summed E-state index contributed by atoms with van der Waals surface area (Å²) in [6.07, 6.45) is 1.78. The minimum Gasteiger partial charge on any atom is -0.352 e. The summed E-state index contributed by atoms with van der Waals surface area (Å²) in [6, 6.07) is -0.991. The van der Waals surface area contributed by atoms with Crippen LogP contribution >= 0.6 is 0 Å². The van der Waals surface area contributed by atoms with Gasteiger partial charge in [0.05, 0.1) is 0 Å². The highest BCUT2D eigenvalue weighted by Crippen LogP contribution is 2.28. The molecular formula is C11H24N4O2. The normalized spacial score (nSPS) is 12.9. The smallest absolute Gasteiger partial charge is 0.312 e. The molecule has 0 aromatic rings. The number of carbonyl (C=O) groups excluding carboxylic acids is 2. The van der Waals surface area contributed by atoms with Crippen molar-refractivity contribution in [3.63, 3.8) is 0 Å². The number of hydrogen-bond acceptors (Lipinski definition) is 2. The number of nitrogens with one attached hydrogen (secondary N) is 2. The lowest BCUT2D eigenvalue weighted by molar-refractivity contribution is 0.230. The van der Waals surface area contributed by atoms with E-state index in [4.69, 9.17) is 11.5 Å². The van der Waals surface area contributed by atoms with E-state index in [1.165, 1.54) is 0 Å². The summed E-state index contributed by atoms with van der Waals surface area (Å²) >= 11 is 0. The van der Waals surface area contributed by atoms with Crippen molar-refractivity contribution in [1.29, 1.82) is 0 Å². The van der Waals surface area contributed by atoms with Gasteiger partial charge < -0.3 is 22.1 Å². The molecule has 0 aromatic carbocycles. The van der Waals surface area contributed by atoms with E-state index < -0.39 is 12.1 Å². The maximum atomic E-state index is 10.6. The highest BCUT2D eigenvalue weighted by Gasteiger charge is 2.21. The van der Waals surface area contributed by atoms with Crippen LogP contribution in [0.3, 0.4) is 0 Å². The topological polar surface area (TPSA) is 110 Å². The zero-order chi connectivity index (χ0) is 13.5. The quantitative estimate of drug-likeness (QED) is 0.530. The van der Waals surface area contributed by atoms with Crippen molar-refractivity contribution >= 4 is 12.1 Å². The summed E-state index contributed by atoms with van der Waals surface area (Å²) in [5.41, 5.74) is 10.1. The molecule has 6 heteroatoms. The molecule has 0 bridgehead atoms. The van der Waals surface area contributed by atoms with Crippen LogP contribution in [-0.4, -0.2) is 25.2 Å². The first-order chi connectivity index (χ1) is 7.73. The number of rotatable bonds is 7. The van der Waals surface area contributed by atoms with E-state index in [1.54, 1.807) is 0 Å². The molecule has 0 saturated carbocycles. The Morgan fingerprint density at radius 1 is 1.18 bits per heavy atom. The van der Waals surface area contributed by atoms with Crippen molar-refractivity contribution in [2.45, 2.75) is 33.6 Å². The minimum atomic E-state index is -0.496. The van der Waals surface area contributed by atoms with Crippen LogP contribution in [0.2, 0.25) is 0 Å². The molecule has 0 spiro atoms. The Bertz CT molecular complexity index is 266. The highest BCUT2D eigenvalue weighted by molar-refractivity contribution is 5.71. The Morgan fingerprint density at radius 3 is 2.18 bits per heavy atom. The monoisotopic (exact) mass is 244 g/mol. The number of hydrogen-bond donors (Lipinski definition) is 4. The van der Waals surface area contributed by atoms with Gasteiger partial charge in [0.2, 0.25) is 0 Å². The predicted octanol–water partition coefficient (Wildman–Crippen LogP) is 0.766. The molecule has 6 N–H and O–H groups in total. The number of amides is 4. The van der Waals surface area contributed by atoms with Crippen LogP contribution in [0, 0.1) is 11.3 Å². The molecular weight excluding hydrogens is 220 g/mol. The predicted molar refractivity (Wildman–Crippen MR) is 67.4 cm³/mol. The third-order valence-corrected chi connectivity index (χ3v) is 2.63. The van der Waals surface area contributed by atoms with Crippen LogP contribution in [0.25, 0.3) is 0 Å². The molecule has 0 saturated heterocycles. The zero-order valence-corrected chi connectivity index (χ0v) is 10.9. The fraction of sp³-hybridized carbons (Fsp3) is 0.818. The van der Waals surface area contributed by atoms with E-state index >= 15 is 0 Å². The average Bonchev–Trinajstić information content (AvgIpc) is 2.12. The maximum absolute atomic E-state index is 10.6. The number of nitrogens with two attached hydrogens (primary N) is 2. The van der Waals surface area contributed by atoms with Gasteiger partial charge in [0.15, 0.2) is 0 Å². The third kappa shape index (κ3) is 9.47. The maximum Gasteiger partial charge on any atom is 0.312 e. The molecule has 0 heterocycles. The van der Waals surface area contributed by atoms with Crippen molar-refractivity contribution in [1.82, 2.24) is 10.6 Å². The second kappa shape index (κ2) is 6.98. The molecule has 4 amide bonds. The summed E-state index contributed by atoms with van der Waals surface area (Å²) < 4.78 is 0. The van der Waals surface area contributed by atoms with Gasteiger partial charge in [-0.25, -0.2) is 9.59 Å². The number of primary amides is 2. The SMILES string of the molecule is CC(CNC(N)=O)CC(C)(C)CCNC(N)=O. The van der Waals surface area contributed by atoms with Gasteiger partial charge in [0.25, 0.3) is 0 Å². The van der Waals surface area contributed by atoms with Crippen LogP contribution in [0.4, 0.5) is 9.59 Å². The van der Waals surface area contributed by atoms with Gasteiger partial charge in [0, 0.05) is 13.1 Å². The first-order valence-electron chi connectivity index (χ1n) is 5.79. The van der Waals surface area contributed by atoms with E-state index in [0.29, 0.717) is 19.0 Å². The Balaban J connectivity index is 3.89. The minimum absolute atomic E-state index is 0.0845. The van der Waals surface area contributed by atoms with Crippen LogP contribution in [0.1, 0.15) is 33.6 Å². The molecule has 0 aliphatic rings. The number of urea groups is 2. The first kappa shape index (κ1) is 15.5. The Hall–Kier alpha value is -1.46. The van der Waals surface area contributed by atoms with Crippen LogP contribution in [0.5, 0.6) is 0 Å². The summed E-state index contributed by atoms with van der Waals surface area (Å²) in [7, 11) is 0. The molecule has 17 heavy (non-hydrogen) atoms. The molecule has 0 aromatic heterocycles. The molecule has 0 fully saturated rings.